The van der Waals surface area contributed by atoms with Crippen LogP contribution in [0, 0.1) is 0 Å². The molecule has 1 atom stereocenters. The number of nitrogens with one attached hydrogen (secondary N) is 2. The van der Waals surface area contributed by atoms with E-state index in [0.717, 1.165) is 26.2 Å². The average molecular weight is 292 g/mol. The first-order chi connectivity index (χ1) is 8.84. The molecule has 2 N–H and O–H groups in total. The maximum absolute atomic E-state index is 11.9. The Morgan fingerprint density at radius 1 is 1.37 bits per heavy atom. The molecule has 1 aliphatic rings. The summed E-state index contributed by atoms with van der Waals surface area (Å²) in [5.74, 6) is -0.408. The first-order valence-corrected chi connectivity index (χ1v) is 8.02. The maximum atomic E-state index is 11.9. The van der Waals surface area contributed by atoms with Crippen molar-refractivity contribution in [2.75, 3.05) is 53.4 Å². The van der Waals surface area contributed by atoms with Crippen molar-refractivity contribution in [2.45, 2.75) is 12.2 Å². The molecular formula is C11H24N4O3S. The third-order valence-corrected chi connectivity index (χ3v) is 4.93. The van der Waals surface area contributed by atoms with Gasteiger partial charge in [0, 0.05) is 53.4 Å². The standard InChI is InChI=1S/C11H24N4O3S/c1-10(11(16)14(2)3)19(17,18)13-6-9-15-7-4-12-5-8-15/h10,12-13H,4-9H2,1-3H3. The monoisotopic (exact) mass is 292 g/mol. The molecule has 0 aromatic rings. The molecule has 112 valence electrons. The Balaban J connectivity index is 2.39. The first kappa shape index (κ1) is 16.4. The number of sulfonamides is 1. The van der Waals surface area contributed by atoms with Crippen LogP contribution in [-0.4, -0.2) is 82.7 Å². The van der Waals surface area contributed by atoms with Crippen molar-refractivity contribution in [3.8, 4) is 0 Å². The SMILES string of the molecule is CC(C(=O)N(C)C)S(=O)(=O)NCCN1CCNCC1. The van der Waals surface area contributed by atoms with Crippen LogP contribution in [0.4, 0.5) is 0 Å². The Morgan fingerprint density at radius 3 is 2.47 bits per heavy atom. The molecule has 0 aliphatic carbocycles. The van der Waals surface area contributed by atoms with E-state index in [2.05, 4.69) is 14.9 Å². The number of hydrogen-bond acceptors (Lipinski definition) is 5. The van der Waals surface area contributed by atoms with Crippen molar-refractivity contribution in [1.29, 1.82) is 0 Å². The summed E-state index contributed by atoms with van der Waals surface area (Å²) in [6.45, 7) is 6.14. The van der Waals surface area contributed by atoms with Gasteiger partial charge in [0.2, 0.25) is 15.9 Å². The van der Waals surface area contributed by atoms with Gasteiger partial charge in [-0.1, -0.05) is 0 Å². The molecule has 1 saturated heterocycles. The van der Waals surface area contributed by atoms with E-state index in [-0.39, 0.29) is 0 Å². The topological polar surface area (TPSA) is 81.8 Å². The Labute approximate surface area is 115 Å². The highest BCUT2D eigenvalue weighted by atomic mass is 32.2. The lowest BCUT2D eigenvalue weighted by Crippen LogP contribution is -2.48. The lowest BCUT2D eigenvalue weighted by molar-refractivity contribution is -0.127. The molecule has 7 nitrogen and oxygen atoms in total. The van der Waals surface area contributed by atoms with Gasteiger partial charge in [-0.2, -0.15) is 0 Å². The molecule has 8 heteroatoms. The number of amides is 1. The van der Waals surface area contributed by atoms with Gasteiger partial charge in [-0.05, 0) is 6.92 Å². The van der Waals surface area contributed by atoms with Crippen molar-refractivity contribution < 1.29 is 13.2 Å². The molecule has 1 unspecified atom stereocenters. The molecule has 0 aromatic heterocycles. The second kappa shape index (κ2) is 7.18. The van der Waals surface area contributed by atoms with E-state index in [1.54, 1.807) is 14.1 Å². The van der Waals surface area contributed by atoms with Crippen LogP contribution >= 0.6 is 0 Å². The molecule has 19 heavy (non-hydrogen) atoms. The molecular weight excluding hydrogens is 268 g/mol. The summed E-state index contributed by atoms with van der Waals surface area (Å²) in [7, 11) is -0.487. The largest absolute Gasteiger partial charge is 0.348 e. The van der Waals surface area contributed by atoms with Crippen LogP contribution in [0.15, 0.2) is 0 Å². The van der Waals surface area contributed by atoms with Crippen LogP contribution in [0.2, 0.25) is 0 Å². The van der Waals surface area contributed by atoms with E-state index in [9.17, 15) is 13.2 Å². The third-order valence-electron chi connectivity index (χ3n) is 3.19. The fourth-order valence-electron chi connectivity index (χ4n) is 1.90. The van der Waals surface area contributed by atoms with E-state index in [1.165, 1.54) is 11.8 Å². The van der Waals surface area contributed by atoms with E-state index < -0.39 is 21.2 Å². The molecule has 1 fully saturated rings. The van der Waals surface area contributed by atoms with E-state index in [0.29, 0.717) is 13.1 Å². The van der Waals surface area contributed by atoms with Gasteiger partial charge in [0.15, 0.2) is 5.25 Å². The zero-order valence-corrected chi connectivity index (χ0v) is 12.7. The lowest BCUT2D eigenvalue weighted by atomic mass is 10.3. The van der Waals surface area contributed by atoms with Crippen LogP contribution in [0.3, 0.4) is 0 Å². The number of carbonyl (C=O) groups excluding carboxylic acids is 1. The molecule has 1 amide bonds. The second-order valence-corrected chi connectivity index (χ2v) is 6.99. The van der Waals surface area contributed by atoms with Gasteiger partial charge in [-0.25, -0.2) is 13.1 Å². The quantitative estimate of drug-likeness (QED) is 0.609. The zero-order chi connectivity index (χ0) is 14.5. The fourth-order valence-corrected chi connectivity index (χ4v) is 3.00. The van der Waals surface area contributed by atoms with Crippen LogP contribution < -0.4 is 10.0 Å². The molecule has 0 spiro atoms. The Bertz CT molecular complexity index is 391. The Kier molecular flexibility index (Phi) is 6.18. The van der Waals surface area contributed by atoms with Crippen molar-refractivity contribution in [3.05, 3.63) is 0 Å². The van der Waals surface area contributed by atoms with Crippen LogP contribution in [0.5, 0.6) is 0 Å². The number of carbonyl (C=O) groups is 1. The predicted octanol–water partition coefficient (Wildman–Crippen LogP) is -1.71. The summed E-state index contributed by atoms with van der Waals surface area (Å²) in [4.78, 5) is 15.1. The minimum atomic E-state index is -3.59. The van der Waals surface area contributed by atoms with Crippen LogP contribution in [0.1, 0.15) is 6.92 Å². The molecule has 1 aliphatic heterocycles. The van der Waals surface area contributed by atoms with E-state index in [1.807, 2.05) is 0 Å². The van der Waals surface area contributed by atoms with Crippen LogP contribution in [-0.2, 0) is 14.8 Å². The Morgan fingerprint density at radius 2 is 1.95 bits per heavy atom. The van der Waals surface area contributed by atoms with E-state index >= 15 is 0 Å². The summed E-state index contributed by atoms with van der Waals surface area (Å²) in [6.07, 6.45) is 0. The molecule has 0 saturated carbocycles. The summed E-state index contributed by atoms with van der Waals surface area (Å²) in [5.41, 5.74) is 0. The molecule has 1 rings (SSSR count). The van der Waals surface area contributed by atoms with Crippen molar-refractivity contribution in [1.82, 2.24) is 19.8 Å². The van der Waals surface area contributed by atoms with Crippen molar-refractivity contribution in [2.24, 2.45) is 0 Å². The number of rotatable bonds is 6. The highest BCUT2D eigenvalue weighted by Crippen LogP contribution is 2.01. The van der Waals surface area contributed by atoms with Gasteiger partial charge >= 0.3 is 0 Å². The summed E-state index contributed by atoms with van der Waals surface area (Å²) in [6, 6.07) is 0. The zero-order valence-electron chi connectivity index (χ0n) is 11.8. The normalized spacial score (nSPS) is 19.1. The molecule has 0 radical (unpaired) electrons. The van der Waals surface area contributed by atoms with Crippen LogP contribution in [0.25, 0.3) is 0 Å². The third kappa shape index (κ3) is 5.06. The minimum absolute atomic E-state index is 0.341. The fraction of sp³-hybridized carbons (Fsp3) is 0.909. The van der Waals surface area contributed by atoms with Crippen molar-refractivity contribution in [3.63, 3.8) is 0 Å². The molecule has 0 bridgehead atoms. The smallest absolute Gasteiger partial charge is 0.241 e. The number of hydrogen-bond donors (Lipinski definition) is 2. The highest BCUT2D eigenvalue weighted by molar-refractivity contribution is 7.90. The minimum Gasteiger partial charge on any atom is -0.348 e. The molecule has 1 heterocycles. The number of piperazine rings is 1. The Hall–Kier alpha value is -0.700. The van der Waals surface area contributed by atoms with Gasteiger partial charge in [-0.3, -0.25) is 9.69 Å². The van der Waals surface area contributed by atoms with Gasteiger partial charge in [0.05, 0.1) is 0 Å². The highest BCUT2D eigenvalue weighted by Gasteiger charge is 2.28. The maximum Gasteiger partial charge on any atom is 0.241 e. The van der Waals surface area contributed by atoms with Gasteiger partial charge in [0.1, 0.15) is 0 Å². The summed E-state index contributed by atoms with van der Waals surface area (Å²) < 4.78 is 26.4. The predicted molar refractivity (Wildman–Crippen MR) is 74.4 cm³/mol. The van der Waals surface area contributed by atoms with Gasteiger partial charge in [0.25, 0.3) is 0 Å². The average Bonchev–Trinajstić information content (AvgIpc) is 2.37. The lowest BCUT2D eigenvalue weighted by Gasteiger charge is -2.27. The van der Waals surface area contributed by atoms with Crippen molar-refractivity contribution >= 4 is 15.9 Å². The second-order valence-electron chi connectivity index (χ2n) is 4.91. The first-order valence-electron chi connectivity index (χ1n) is 6.47. The van der Waals surface area contributed by atoms with Gasteiger partial charge < -0.3 is 10.2 Å². The van der Waals surface area contributed by atoms with E-state index in [4.69, 9.17) is 0 Å². The molecule has 0 aromatic carbocycles. The number of nitrogens with zero attached hydrogens (tertiary/aromatic N) is 2. The summed E-state index contributed by atoms with van der Waals surface area (Å²) >= 11 is 0. The van der Waals surface area contributed by atoms with Gasteiger partial charge in [-0.15, -0.1) is 0 Å². The summed E-state index contributed by atoms with van der Waals surface area (Å²) in [5, 5.41) is 2.19.